The zero-order chi connectivity index (χ0) is 18.3. The molecule has 1 aliphatic carbocycles. The molecular formula is C20H21N3O2S. The third-order valence-electron chi connectivity index (χ3n) is 5.03. The second-order valence-electron chi connectivity index (χ2n) is 7.01. The number of nitrogens with zero attached hydrogens (tertiary/aromatic N) is 2. The van der Waals surface area contributed by atoms with E-state index in [-0.39, 0.29) is 18.5 Å². The summed E-state index contributed by atoms with van der Waals surface area (Å²) >= 11 is 1.64. The summed E-state index contributed by atoms with van der Waals surface area (Å²) in [6, 6.07) is 9.64. The van der Waals surface area contributed by atoms with E-state index in [4.69, 9.17) is 10.7 Å². The fourth-order valence-corrected chi connectivity index (χ4v) is 5.03. The number of aryl methyl sites for hydroxylation is 1. The van der Waals surface area contributed by atoms with Crippen LogP contribution in [0.15, 0.2) is 35.1 Å². The van der Waals surface area contributed by atoms with Gasteiger partial charge in [-0.2, -0.15) is 0 Å². The molecule has 1 aromatic carbocycles. The fraction of sp³-hybridized carbons (Fsp3) is 0.350. The quantitative estimate of drug-likeness (QED) is 0.769. The SMILES string of the molecule is CC1CCc2c(sc3nc(-c4ccccc4)n(CCC(N)=O)c(=O)c23)C1. The minimum Gasteiger partial charge on any atom is -0.370 e. The van der Waals surface area contributed by atoms with Crippen LogP contribution in [0.4, 0.5) is 0 Å². The molecule has 6 heteroatoms. The van der Waals surface area contributed by atoms with Crippen molar-refractivity contribution in [3.8, 4) is 11.4 Å². The van der Waals surface area contributed by atoms with Gasteiger partial charge in [0.1, 0.15) is 10.7 Å². The molecule has 1 amide bonds. The summed E-state index contributed by atoms with van der Waals surface area (Å²) in [5.74, 6) is 0.828. The van der Waals surface area contributed by atoms with Crippen molar-refractivity contribution in [3.63, 3.8) is 0 Å². The van der Waals surface area contributed by atoms with E-state index in [0.717, 1.165) is 40.6 Å². The van der Waals surface area contributed by atoms with Crippen LogP contribution >= 0.6 is 11.3 Å². The zero-order valence-corrected chi connectivity index (χ0v) is 15.5. The molecule has 0 saturated heterocycles. The van der Waals surface area contributed by atoms with E-state index >= 15 is 0 Å². The first-order valence-corrected chi connectivity index (χ1v) is 9.75. The summed E-state index contributed by atoms with van der Waals surface area (Å²) in [5, 5.41) is 0.737. The van der Waals surface area contributed by atoms with E-state index in [1.165, 1.54) is 4.88 Å². The van der Waals surface area contributed by atoms with Crippen molar-refractivity contribution in [3.05, 3.63) is 51.1 Å². The summed E-state index contributed by atoms with van der Waals surface area (Å²) < 4.78 is 1.62. The number of rotatable bonds is 4. The Morgan fingerprint density at radius 1 is 1.35 bits per heavy atom. The Kier molecular flexibility index (Phi) is 4.36. The van der Waals surface area contributed by atoms with E-state index in [0.29, 0.717) is 11.7 Å². The van der Waals surface area contributed by atoms with Crippen LogP contribution in [0.1, 0.15) is 30.2 Å². The normalized spacial score (nSPS) is 16.6. The second-order valence-corrected chi connectivity index (χ2v) is 8.09. The van der Waals surface area contributed by atoms with Crippen LogP contribution in [0, 0.1) is 5.92 Å². The Balaban J connectivity index is 1.96. The number of aromatic nitrogens is 2. The highest BCUT2D eigenvalue weighted by molar-refractivity contribution is 7.18. The lowest BCUT2D eigenvalue weighted by Crippen LogP contribution is -2.26. The molecule has 0 spiro atoms. The number of benzene rings is 1. The number of hydrogen-bond donors (Lipinski definition) is 1. The maximum atomic E-state index is 13.3. The van der Waals surface area contributed by atoms with Crippen LogP contribution in [0.3, 0.4) is 0 Å². The lowest BCUT2D eigenvalue weighted by atomic mass is 9.89. The van der Waals surface area contributed by atoms with Gasteiger partial charge in [0.05, 0.1) is 5.39 Å². The van der Waals surface area contributed by atoms with Gasteiger partial charge in [-0.05, 0) is 30.7 Å². The van der Waals surface area contributed by atoms with Crippen molar-refractivity contribution in [2.75, 3.05) is 0 Å². The number of thiophene rings is 1. The summed E-state index contributed by atoms with van der Waals surface area (Å²) in [7, 11) is 0. The smallest absolute Gasteiger partial charge is 0.262 e. The molecule has 0 aliphatic heterocycles. The van der Waals surface area contributed by atoms with Gasteiger partial charge in [-0.25, -0.2) is 4.98 Å². The van der Waals surface area contributed by atoms with E-state index < -0.39 is 5.91 Å². The van der Waals surface area contributed by atoms with Crippen molar-refractivity contribution in [2.24, 2.45) is 11.7 Å². The average Bonchev–Trinajstić information content (AvgIpc) is 2.98. The maximum Gasteiger partial charge on any atom is 0.262 e. The minimum absolute atomic E-state index is 0.0536. The van der Waals surface area contributed by atoms with E-state index in [1.807, 2.05) is 30.3 Å². The molecule has 3 aromatic rings. The lowest BCUT2D eigenvalue weighted by Gasteiger charge is -2.17. The first-order valence-electron chi connectivity index (χ1n) is 8.93. The number of carbonyl (C=O) groups is 1. The lowest BCUT2D eigenvalue weighted by molar-refractivity contribution is -0.118. The fourth-order valence-electron chi connectivity index (χ4n) is 3.66. The van der Waals surface area contributed by atoms with Crippen LogP contribution in [-0.2, 0) is 24.2 Å². The van der Waals surface area contributed by atoms with Gasteiger partial charge >= 0.3 is 0 Å². The van der Waals surface area contributed by atoms with Crippen LogP contribution in [0.2, 0.25) is 0 Å². The summed E-state index contributed by atoms with van der Waals surface area (Å²) in [6.07, 6.45) is 3.15. The standard InChI is InChI=1S/C20H21N3O2S/c1-12-7-8-14-15(11-12)26-19-17(14)20(25)23(10-9-16(21)24)18(22-19)13-5-3-2-4-6-13/h2-6,12H,7-11H2,1H3,(H2,21,24). The number of nitrogens with two attached hydrogens (primary N) is 1. The number of fused-ring (bicyclic) bond motifs is 3. The van der Waals surface area contributed by atoms with Gasteiger partial charge in [-0.3, -0.25) is 14.2 Å². The predicted octanol–water partition coefficient (Wildman–Crippen LogP) is 3.13. The molecular weight excluding hydrogens is 346 g/mol. The molecule has 2 aromatic heterocycles. The Labute approximate surface area is 155 Å². The Morgan fingerprint density at radius 2 is 2.12 bits per heavy atom. The molecule has 0 fully saturated rings. The highest BCUT2D eigenvalue weighted by Gasteiger charge is 2.25. The third kappa shape index (κ3) is 2.94. The van der Waals surface area contributed by atoms with Gasteiger partial charge in [0, 0.05) is 23.4 Å². The predicted molar refractivity (Wildman–Crippen MR) is 104 cm³/mol. The maximum absolute atomic E-state index is 13.3. The van der Waals surface area contributed by atoms with E-state index in [9.17, 15) is 9.59 Å². The first kappa shape index (κ1) is 17.0. The first-order chi connectivity index (χ1) is 12.5. The highest BCUT2D eigenvalue weighted by atomic mass is 32.1. The molecule has 0 saturated carbocycles. The van der Waals surface area contributed by atoms with Gasteiger partial charge in [-0.15, -0.1) is 11.3 Å². The van der Waals surface area contributed by atoms with Gasteiger partial charge in [0.15, 0.2) is 0 Å². The summed E-state index contributed by atoms with van der Waals surface area (Å²) in [4.78, 5) is 31.6. The summed E-state index contributed by atoms with van der Waals surface area (Å²) in [5.41, 5.74) is 7.30. The molecule has 1 aliphatic rings. The largest absolute Gasteiger partial charge is 0.370 e. The van der Waals surface area contributed by atoms with Crippen LogP contribution < -0.4 is 11.3 Å². The molecule has 5 nitrogen and oxygen atoms in total. The number of carbonyl (C=O) groups excluding carboxylic acids is 1. The molecule has 0 bridgehead atoms. The topological polar surface area (TPSA) is 78.0 Å². The molecule has 2 N–H and O–H groups in total. The minimum atomic E-state index is -0.419. The Morgan fingerprint density at radius 3 is 2.85 bits per heavy atom. The number of primary amides is 1. The zero-order valence-electron chi connectivity index (χ0n) is 14.7. The molecule has 0 radical (unpaired) electrons. The van der Waals surface area contributed by atoms with Crippen molar-refractivity contribution in [2.45, 2.75) is 39.2 Å². The monoisotopic (exact) mass is 367 g/mol. The second kappa shape index (κ2) is 6.68. The van der Waals surface area contributed by atoms with Gasteiger partial charge in [0.2, 0.25) is 5.91 Å². The van der Waals surface area contributed by atoms with Gasteiger partial charge in [-0.1, -0.05) is 37.3 Å². The van der Waals surface area contributed by atoms with Gasteiger partial charge < -0.3 is 5.73 Å². The molecule has 4 rings (SSSR count). The van der Waals surface area contributed by atoms with Crippen molar-refractivity contribution in [1.82, 2.24) is 9.55 Å². The highest BCUT2D eigenvalue weighted by Crippen LogP contribution is 2.36. The van der Waals surface area contributed by atoms with E-state index in [2.05, 4.69) is 6.92 Å². The molecule has 1 unspecified atom stereocenters. The molecule has 1 atom stereocenters. The van der Waals surface area contributed by atoms with Crippen molar-refractivity contribution >= 4 is 27.5 Å². The third-order valence-corrected chi connectivity index (χ3v) is 6.18. The molecule has 2 heterocycles. The van der Waals surface area contributed by atoms with Crippen molar-refractivity contribution < 1.29 is 4.79 Å². The van der Waals surface area contributed by atoms with Crippen LogP contribution in [-0.4, -0.2) is 15.5 Å². The summed E-state index contributed by atoms with van der Waals surface area (Å²) in [6.45, 7) is 2.50. The number of amides is 1. The van der Waals surface area contributed by atoms with E-state index in [1.54, 1.807) is 15.9 Å². The van der Waals surface area contributed by atoms with Gasteiger partial charge in [0.25, 0.3) is 5.56 Å². The number of hydrogen-bond acceptors (Lipinski definition) is 4. The van der Waals surface area contributed by atoms with Crippen molar-refractivity contribution in [1.29, 1.82) is 0 Å². The molecule has 134 valence electrons. The Bertz CT molecular complexity index is 1040. The average molecular weight is 367 g/mol. The molecule has 26 heavy (non-hydrogen) atoms. The van der Waals surface area contributed by atoms with Crippen LogP contribution in [0.5, 0.6) is 0 Å². The Hall–Kier alpha value is -2.47. The van der Waals surface area contributed by atoms with Crippen LogP contribution in [0.25, 0.3) is 21.6 Å².